The van der Waals surface area contributed by atoms with E-state index in [1.54, 1.807) is 0 Å². The largest absolute Gasteiger partial charge is 0.462 e. The van der Waals surface area contributed by atoms with Crippen molar-refractivity contribution in [2.24, 2.45) is 4.99 Å². The highest BCUT2D eigenvalue weighted by atomic mass is 19.2. The molecule has 0 atom stereocenters. The van der Waals surface area contributed by atoms with Crippen LogP contribution >= 0.6 is 0 Å². The molecule has 106 valence electrons. The van der Waals surface area contributed by atoms with Crippen molar-refractivity contribution in [3.05, 3.63) is 34.6 Å². The smallest absolute Gasteiger partial charge is 0.341 e. The van der Waals surface area contributed by atoms with E-state index < -0.39 is 40.1 Å². The minimum absolute atomic E-state index is 0.0529. The molecular formula is C13H10F3NO3. The molecule has 20 heavy (non-hydrogen) atoms. The van der Waals surface area contributed by atoms with E-state index in [-0.39, 0.29) is 19.4 Å². The molecular weight excluding hydrogens is 275 g/mol. The second kappa shape index (κ2) is 5.09. The van der Waals surface area contributed by atoms with Crippen LogP contribution in [0.2, 0.25) is 0 Å². The average Bonchev–Trinajstić information content (AvgIpc) is 3.15. The van der Waals surface area contributed by atoms with Gasteiger partial charge in [0.1, 0.15) is 16.9 Å². The maximum Gasteiger partial charge on any atom is 0.341 e. The molecule has 0 bridgehead atoms. The lowest BCUT2D eigenvalue weighted by Crippen LogP contribution is -2.16. The second-order valence-electron chi connectivity index (χ2n) is 4.36. The fourth-order valence-electron chi connectivity index (χ4n) is 2.00. The molecule has 0 unspecified atom stereocenters. The van der Waals surface area contributed by atoms with E-state index >= 15 is 0 Å². The summed E-state index contributed by atoms with van der Waals surface area (Å²) in [6.45, 7) is 1.43. The van der Waals surface area contributed by atoms with Crippen molar-refractivity contribution >= 4 is 12.0 Å². The summed E-state index contributed by atoms with van der Waals surface area (Å²) < 4.78 is 46.3. The van der Waals surface area contributed by atoms with Crippen LogP contribution < -0.4 is 0 Å². The number of aliphatic imine (C=N–C) groups is 1. The van der Waals surface area contributed by atoms with Gasteiger partial charge in [0.2, 0.25) is 6.08 Å². The third-order valence-corrected chi connectivity index (χ3v) is 3.10. The number of hydrogen-bond donors (Lipinski definition) is 0. The maximum atomic E-state index is 14.0. The highest BCUT2D eigenvalue weighted by Crippen LogP contribution is 2.51. The number of halogens is 3. The summed E-state index contributed by atoms with van der Waals surface area (Å²) in [5.41, 5.74) is -2.87. The monoisotopic (exact) mass is 285 g/mol. The number of benzene rings is 1. The maximum absolute atomic E-state index is 14.0. The number of esters is 1. The quantitative estimate of drug-likeness (QED) is 0.370. The molecule has 0 aliphatic heterocycles. The van der Waals surface area contributed by atoms with Crippen LogP contribution in [0, 0.1) is 17.5 Å². The molecule has 0 aromatic heterocycles. The van der Waals surface area contributed by atoms with Gasteiger partial charge in [0.25, 0.3) is 0 Å². The SMILES string of the molecule is CCOC(=O)c1cc(F)c(C2(N=C=O)CC2)c(F)c1F. The summed E-state index contributed by atoms with van der Waals surface area (Å²) in [7, 11) is 0. The van der Waals surface area contributed by atoms with Gasteiger partial charge < -0.3 is 4.74 Å². The number of isocyanates is 1. The lowest BCUT2D eigenvalue weighted by molar-refractivity contribution is 0.0519. The molecule has 1 aliphatic carbocycles. The van der Waals surface area contributed by atoms with Crippen molar-refractivity contribution in [2.75, 3.05) is 6.61 Å². The summed E-state index contributed by atoms with van der Waals surface area (Å²) in [5, 5.41) is 0. The third-order valence-electron chi connectivity index (χ3n) is 3.10. The lowest BCUT2D eigenvalue weighted by Gasteiger charge is -2.13. The van der Waals surface area contributed by atoms with Gasteiger partial charge in [-0.05, 0) is 25.8 Å². The lowest BCUT2D eigenvalue weighted by atomic mass is 10.0. The molecule has 2 rings (SSSR count). The Bertz CT molecular complexity index is 620. The summed E-state index contributed by atoms with van der Waals surface area (Å²) in [4.78, 5) is 25.0. The first-order chi connectivity index (χ1) is 9.46. The van der Waals surface area contributed by atoms with Crippen molar-refractivity contribution in [1.29, 1.82) is 0 Å². The van der Waals surface area contributed by atoms with E-state index in [4.69, 9.17) is 0 Å². The predicted molar refractivity (Wildman–Crippen MR) is 61.3 cm³/mol. The zero-order valence-electron chi connectivity index (χ0n) is 10.5. The van der Waals surface area contributed by atoms with Crippen LogP contribution in [0.25, 0.3) is 0 Å². The van der Waals surface area contributed by atoms with E-state index in [0.29, 0.717) is 6.07 Å². The highest BCUT2D eigenvalue weighted by molar-refractivity contribution is 5.90. The van der Waals surface area contributed by atoms with Crippen molar-refractivity contribution < 1.29 is 27.5 Å². The zero-order chi connectivity index (χ0) is 14.9. The Morgan fingerprint density at radius 3 is 2.55 bits per heavy atom. The standard InChI is InChI=1S/C13H10F3NO3/c1-2-20-12(19)7-5-8(14)9(11(16)10(7)15)13(3-4-13)17-6-18/h5H,2-4H2,1H3. The van der Waals surface area contributed by atoms with Crippen molar-refractivity contribution in [3.8, 4) is 0 Å². The van der Waals surface area contributed by atoms with Crippen LogP contribution in [0.4, 0.5) is 13.2 Å². The predicted octanol–water partition coefficient (Wildman–Crippen LogP) is 2.61. The zero-order valence-corrected chi connectivity index (χ0v) is 10.5. The normalized spacial score (nSPS) is 15.4. The van der Waals surface area contributed by atoms with E-state index in [9.17, 15) is 22.8 Å². The van der Waals surface area contributed by atoms with Gasteiger partial charge in [-0.3, -0.25) is 0 Å². The Morgan fingerprint density at radius 2 is 2.05 bits per heavy atom. The average molecular weight is 285 g/mol. The minimum Gasteiger partial charge on any atom is -0.462 e. The Kier molecular flexibility index (Phi) is 3.63. The van der Waals surface area contributed by atoms with Gasteiger partial charge in [-0.2, -0.15) is 4.99 Å². The van der Waals surface area contributed by atoms with E-state index in [0.717, 1.165) is 0 Å². The number of ether oxygens (including phenoxy) is 1. The van der Waals surface area contributed by atoms with Crippen LogP contribution in [-0.4, -0.2) is 18.7 Å². The second-order valence-corrected chi connectivity index (χ2v) is 4.36. The van der Waals surface area contributed by atoms with Crippen LogP contribution in [0.5, 0.6) is 0 Å². The van der Waals surface area contributed by atoms with Gasteiger partial charge in [0, 0.05) is 0 Å². The minimum atomic E-state index is -1.52. The molecule has 0 radical (unpaired) electrons. The van der Waals surface area contributed by atoms with Crippen LogP contribution in [0.15, 0.2) is 11.1 Å². The molecule has 1 aromatic carbocycles. The fourth-order valence-corrected chi connectivity index (χ4v) is 2.00. The van der Waals surface area contributed by atoms with Crippen molar-refractivity contribution in [2.45, 2.75) is 25.3 Å². The summed E-state index contributed by atoms with van der Waals surface area (Å²) >= 11 is 0. The van der Waals surface area contributed by atoms with Crippen molar-refractivity contribution in [3.63, 3.8) is 0 Å². The molecule has 1 saturated carbocycles. The molecule has 0 spiro atoms. The molecule has 1 aliphatic rings. The summed E-state index contributed by atoms with van der Waals surface area (Å²) in [5.74, 6) is -5.32. The number of hydrogen-bond acceptors (Lipinski definition) is 4. The number of carbonyl (C=O) groups is 1. The van der Waals surface area contributed by atoms with Gasteiger partial charge in [-0.1, -0.05) is 0 Å². The van der Waals surface area contributed by atoms with Gasteiger partial charge in [0.05, 0.1) is 12.2 Å². The number of carbonyl (C=O) groups excluding carboxylic acids is 2. The highest BCUT2D eigenvalue weighted by Gasteiger charge is 2.50. The first-order valence-electron chi connectivity index (χ1n) is 5.91. The van der Waals surface area contributed by atoms with E-state index in [1.807, 2.05) is 0 Å². The van der Waals surface area contributed by atoms with Crippen molar-refractivity contribution in [1.82, 2.24) is 0 Å². The van der Waals surface area contributed by atoms with Crippen LogP contribution in [0.1, 0.15) is 35.7 Å². The van der Waals surface area contributed by atoms with Gasteiger partial charge >= 0.3 is 5.97 Å². The van der Waals surface area contributed by atoms with E-state index in [1.165, 1.54) is 13.0 Å². The molecule has 4 nitrogen and oxygen atoms in total. The molecule has 1 aromatic rings. The summed E-state index contributed by atoms with van der Waals surface area (Å²) in [6.07, 6.45) is 1.66. The molecule has 1 fully saturated rings. The molecule has 0 saturated heterocycles. The Balaban J connectivity index is 2.56. The van der Waals surface area contributed by atoms with Crippen LogP contribution in [-0.2, 0) is 15.1 Å². The first kappa shape index (κ1) is 14.3. The van der Waals surface area contributed by atoms with Gasteiger partial charge in [-0.25, -0.2) is 22.8 Å². The molecule has 0 amide bonds. The first-order valence-corrected chi connectivity index (χ1v) is 5.91. The third kappa shape index (κ3) is 2.20. The van der Waals surface area contributed by atoms with E-state index in [2.05, 4.69) is 9.73 Å². The van der Waals surface area contributed by atoms with Gasteiger partial charge in [-0.15, -0.1) is 0 Å². The number of nitrogens with zero attached hydrogens (tertiary/aromatic N) is 1. The number of rotatable bonds is 4. The molecule has 7 heteroatoms. The van der Waals surface area contributed by atoms with Crippen LogP contribution in [0.3, 0.4) is 0 Å². The fraction of sp³-hybridized carbons (Fsp3) is 0.385. The Labute approximate surface area is 112 Å². The Morgan fingerprint density at radius 1 is 1.40 bits per heavy atom. The Hall–Kier alpha value is -2.14. The van der Waals surface area contributed by atoms with Gasteiger partial charge in [0.15, 0.2) is 11.6 Å². The topological polar surface area (TPSA) is 55.7 Å². The molecule has 0 heterocycles. The molecule has 0 N–H and O–H groups in total. The summed E-state index contributed by atoms with van der Waals surface area (Å²) in [6, 6.07) is 0.562.